The number of carbonyl (C=O) groups excluding carboxylic acids is 1. The number of aromatic nitrogens is 2. The van der Waals surface area contributed by atoms with Crippen LogP contribution >= 0.6 is 0 Å². The highest BCUT2D eigenvalue weighted by Gasteiger charge is 2.24. The molecule has 5 heteroatoms. The van der Waals surface area contributed by atoms with Crippen LogP contribution in [0.3, 0.4) is 0 Å². The average Bonchev–Trinajstić information content (AvgIpc) is 2.95. The number of nitrogens with zero attached hydrogens (tertiary/aromatic N) is 2. The van der Waals surface area contributed by atoms with Gasteiger partial charge in [0.05, 0.1) is 6.33 Å². The molecule has 2 unspecified atom stereocenters. The van der Waals surface area contributed by atoms with Crippen LogP contribution in [0.5, 0.6) is 0 Å². The van der Waals surface area contributed by atoms with E-state index in [9.17, 15) is 4.79 Å². The lowest BCUT2D eigenvalue weighted by molar-refractivity contribution is 0.0528. The molecule has 5 nitrogen and oxygen atoms in total. The Morgan fingerprint density at radius 1 is 1.48 bits per heavy atom. The quantitative estimate of drug-likeness (QED) is 0.926. The minimum absolute atomic E-state index is 0.358. The van der Waals surface area contributed by atoms with Crippen molar-refractivity contribution in [3.8, 4) is 0 Å². The van der Waals surface area contributed by atoms with Gasteiger partial charge in [0.25, 0.3) is 0 Å². The molecule has 0 saturated heterocycles. The summed E-state index contributed by atoms with van der Waals surface area (Å²) in [5.41, 5.74) is 0.733. The van der Waals surface area contributed by atoms with E-state index in [-0.39, 0.29) is 6.09 Å². The topological polar surface area (TPSA) is 56.2 Å². The van der Waals surface area contributed by atoms with Gasteiger partial charge in [0.1, 0.15) is 5.60 Å². The minimum Gasteiger partial charge on any atom is -0.444 e. The largest absolute Gasteiger partial charge is 0.444 e. The molecule has 0 spiro atoms. The van der Waals surface area contributed by atoms with Gasteiger partial charge in [-0.15, -0.1) is 0 Å². The van der Waals surface area contributed by atoms with E-state index in [0.717, 1.165) is 12.3 Å². The minimum atomic E-state index is -0.453. The Kier molecular flexibility index (Phi) is 4.91. The Labute approximate surface area is 127 Å². The Bertz CT molecular complexity index is 476. The molecule has 118 valence electrons. The smallest absolute Gasteiger partial charge is 0.407 e. The Balaban J connectivity index is 1.82. The van der Waals surface area contributed by atoms with E-state index < -0.39 is 5.60 Å². The van der Waals surface area contributed by atoms with Crippen molar-refractivity contribution in [2.24, 2.45) is 5.92 Å². The van der Waals surface area contributed by atoms with E-state index in [1.54, 1.807) is 0 Å². The van der Waals surface area contributed by atoms with Crippen LogP contribution in [0, 0.1) is 5.92 Å². The third-order valence-electron chi connectivity index (χ3n) is 3.86. The fraction of sp³-hybridized carbons (Fsp3) is 0.750. The summed E-state index contributed by atoms with van der Waals surface area (Å²) in [7, 11) is 0. The molecule has 1 aromatic rings. The van der Waals surface area contributed by atoms with Gasteiger partial charge >= 0.3 is 6.09 Å². The van der Waals surface area contributed by atoms with Crippen LogP contribution in [-0.4, -0.2) is 27.8 Å². The Morgan fingerprint density at radius 3 is 2.86 bits per heavy atom. The number of ether oxygens (including phenoxy) is 1. The highest BCUT2D eigenvalue weighted by atomic mass is 16.6. The first-order valence-corrected chi connectivity index (χ1v) is 7.82. The maximum absolute atomic E-state index is 11.6. The van der Waals surface area contributed by atoms with Crippen molar-refractivity contribution in [1.82, 2.24) is 14.9 Å². The Morgan fingerprint density at radius 2 is 2.24 bits per heavy atom. The predicted octanol–water partition coefficient (Wildman–Crippen LogP) is 3.31. The van der Waals surface area contributed by atoms with Gasteiger partial charge in [-0.1, -0.05) is 6.92 Å². The van der Waals surface area contributed by atoms with Crippen molar-refractivity contribution in [3.05, 3.63) is 18.2 Å². The molecule has 1 aliphatic carbocycles. The number of amides is 1. The standard InChI is InChI=1S/C16H27N3O2/c1-12-5-6-13(9-12)19-11-17-10-14(19)7-8-18-15(20)21-16(2,3)4/h10-13H,5-9H2,1-4H3,(H,18,20). The lowest BCUT2D eigenvalue weighted by Gasteiger charge is -2.20. The summed E-state index contributed by atoms with van der Waals surface area (Å²) < 4.78 is 7.51. The lowest BCUT2D eigenvalue weighted by atomic mass is 10.1. The Hall–Kier alpha value is -1.52. The summed E-state index contributed by atoms with van der Waals surface area (Å²) in [6, 6.07) is 0.569. The van der Waals surface area contributed by atoms with Gasteiger partial charge in [-0.2, -0.15) is 0 Å². The molecule has 1 N–H and O–H groups in total. The van der Waals surface area contributed by atoms with E-state index in [4.69, 9.17) is 4.74 Å². The van der Waals surface area contributed by atoms with Crippen molar-refractivity contribution in [2.75, 3.05) is 6.54 Å². The van der Waals surface area contributed by atoms with Crippen molar-refractivity contribution >= 4 is 6.09 Å². The molecule has 1 saturated carbocycles. The second-order valence-electron chi connectivity index (χ2n) is 7.04. The summed E-state index contributed by atoms with van der Waals surface area (Å²) >= 11 is 0. The van der Waals surface area contributed by atoms with Crippen LogP contribution in [0.15, 0.2) is 12.5 Å². The number of carbonyl (C=O) groups is 1. The molecule has 1 amide bonds. The average molecular weight is 293 g/mol. The highest BCUT2D eigenvalue weighted by molar-refractivity contribution is 5.67. The summed E-state index contributed by atoms with van der Waals surface area (Å²) in [5.74, 6) is 0.796. The molecule has 0 aliphatic heterocycles. The molecule has 0 bridgehead atoms. The first kappa shape index (κ1) is 15.9. The second kappa shape index (κ2) is 6.50. The van der Waals surface area contributed by atoms with Crippen molar-refractivity contribution in [3.63, 3.8) is 0 Å². The maximum Gasteiger partial charge on any atom is 0.407 e. The number of imidazole rings is 1. The number of rotatable bonds is 4. The third kappa shape index (κ3) is 4.76. The third-order valence-corrected chi connectivity index (χ3v) is 3.86. The summed E-state index contributed by atoms with van der Waals surface area (Å²) in [5, 5.41) is 2.80. The van der Waals surface area contributed by atoms with Crippen LogP contribution in [0.25, 0.3) is 0 Å². The molecule has 1 aromatic heterocycles. The predicted molar refractivity (Wildman–Crippen MR) is 82.2 cm³/mol. The number of alkyl carbamates (subject to hydrolysis) is 1. The molecule has 0 aromatic carbocycles. The number of hydrogen-bond donors (Lipinski definition) is 1. The van der Waals surface area contributed by atoms with Crippen LogP contribution in [0.4, 0.5) is 4.79 Å². The van der Waals surface area contributed by atoms with E-state index in [1.165, 1.54) is 25.0 Å². The van der Waals surface area contributed by atoms with E-state index in [0.29, 0.717) is 12.6 Å². The SMILES string of the molecule is CC1CCC(n2cncc2CCNC(=O)OC(C)(C)C)C1. The van der Waals surface area contributed by atoms with Gasteiger partial charge in [-0.3, -0.25) is 0 Å². The van der Waals surface area contributed by atoms with Crippen LogP contribution in [-0.2, 0) is 11.2 Å². The van der Waals surface area contributed by atoms with E-state index in [1.807, 2.05) is 33.3 Å². The van der Waals surface area contributed by atoms with E-state index in [2.05, 4.69) is 21.8 Å². The number of nitrogens with one attached hydrogen (secondary N) is 1. The zero-order valence-corrected chi connectivity index (χ0v) is 13.6. The summed E-state index contributed by atoms with van der Waals surface area (Å²) in [6.45, 7) is 8.47. The molecule has 2 atom stereocenters. The zero-order chi connectivity index (χ0) is 15.5. The molecule has 1 fully saturated rings. The van der Waals surface area contributed by atoms with Gasteiger partial charge in [0.15, 0.2) is 0 Å². The maximum atomic E-state index is 11.6. The highest BCUT2D eigenvalue weighted by Crippen LogP contribution is 2.34. The molecule has 21 heavy (non-hydrogen) atoms. The fourth-order valence-electron chi connectivity index (χ4n) is 2.89. The summed E-state index contributed by atoms with van der Waals surface area (Å²) in [4.78, 5) is 15.9. The van der Waals surface area contributed by atoms with Crippen LogP contribution in [0.1, 0.15) is 58.7 Å². The second-order valence-corrected chi connectivity index (χ2v) is 7.04. The molecule has 2 rings (SSSR count). The first-order chi connectivity index (χ1) is 9.85. The molecular weight excluding hydrogens is 266 g/mol. The number of hydrogen-bond acceptors (Lipinski definition) is 3. The van der Waals surface area contributed by atoms with Crippen LogP contribution in [0.2, 0.25) is 0 Å². The fourth-order valence-corrected chi connectivity index (χ4v) is 2.89. The van der Waals surface area contributed by atoms with Gasteiger partial charge in [0, 0.05) is 30.9 Å². The zero-order valence-electron chi connectivity index (χ0n) is 13.6. The van der Waals surface area contributed by atoms with Crippen LogP contribution < -0.4 is 5.32 Å². The first-order valence-electron chi connectivity index (χ1n) is 7.82. The van der Waals surface area contributed by atoms with Gasteiger partial charge < -0.3 is 14.6 Å². The van der Waals surface area contributed by atoms with Gasteiger partial charge in [0.2, 0.25) is 0 Å². The normalized spacial score (nSPS) is 22.3. The molecule has 1 heterocycles. The summed E-state index contributed by atoms with van der Waals surface area (Å²) in [6.07, 6.45) is 7.99. The molecular formula is C16H27N3O2. The monoisotopic (exact) mass is 293 g/mol. The van der Waals surface area contributed by atoms with Gasteiger partial charge in [-0.25, -0.2) is 9.78 Å². The van der Waals surface area contributed by atoms with E-state index >= 15 is 0 Å². The van der Waals surface area contributed by atoms with Gasteiger partial charge in [-0.05, 0) is 46.0 Å². The van der Waals surface area contributed by atoms with Crippen molar-refractivity contribution < 1.29 is 9.53 Å². The van der Waals surface area contributed by atoms with Crippen molar-refractivity contribution in [1.29, 1.82) is 0 Å². The molecule has 0 radical (unpaired) electrons. The molecule has 1 aliphatic rings. The lowest BCUT2D eigenvalue weighted by Crippen LogP contribution is -2.33. The van der Waals surface area contributed by atoms with Crippen molar-refractivity contribution in [2.45, 2.75) is 65.0 Å².